The van der Waals surface area contributed by atoms with E-state index in [9.17, 15) is 4.79 Å². The van der Waals surface area contributed by atoms with Crippen molar-refractivity contribution in [1.29, 1.82) is 0 Å². The first kappa shape index (κ1) is 8.43. The molecule has 0 aliphatic carbocycles. The van der Waals surface area contributed by atoms with Crippen molar-refractivity contribution in [3.05, 3.63) is 12.2 Å². The van der Waals surface area contributed by atoms with Gasteiger partial charge in [-0.2, -0.15) is 0 Å². The van der Waals surface area contributed by atoms with Crippen LogP contribution in [0.1, 0.15) is 13.8 Å². The van der Waals surface area contributed by atoms with E-state index in [4.69, 9.17) is 9.47 Å². The Labute approximate surface area is 66.0 Å². The lowest BCUT2D eigenvalue weighted by molar-refractivity contribution is -0.133. The van der Waals surface area contributed by atoms with E-state index < -0.39 is 5.79 Å². The fourth-order valence-electron chi connectivity index (χ4n) is 0.980. The lowest BCUT2D eigenvalue weighted by Crippen LogP contribution is -2.20. The Hall–Kier alpha value is -0.670. The van der Waals surface area contributed by atoms with Crippen molar-refractivity contribution in [2.24, 2.45) is 0 Å². The summed E-state index contributed by atoms with van der Waals surface area (Å²) < 4.78 is 10.6. The van der Waals surface area contributed by atoms with Crippen LogP contribution >= 0.6 is 0 Å². The lowest BCUT2D eigenvalue weighted by Gasteiger charge is -2.15. The zero-order chi connectivity index (χ0) is 8.32. The molecule has 11 heavy (non-hydrogen) atoms. The van der Waals surface area contributed by atoms with Gasteiger partial charge in [-0.3, -0.25) is 4.79 Å². The highest BCUT2D eigenvalue weighted by Crippen LogP contribution is 2.22. The highest BCUT2D eigenvalue weighted by Gasteiger charge is 2.30. The molecule has 1 aliphatic rings. The van der Waals surface area contributed by atoms with Crippen LogP contribution in [0.4, 0.5) is 0 Å². The maximum Gasteiger partial charge on any atom is 0.163 e. The Bertz CT molecular complexity index is 172. The molecule has 0 bridgehead atoms. The Balaban J connectivity index is 2.42. The first-order valence-electron chi connectivity index (χ1n) is 3.58. The number of aldehydes is 1. The molecule has 3 heteroatoms. The molecule has 1 saturated heterocycles. The van der Waals surface area contributed by atoms with Gasteiger partial charge in [-0.1, -0.05) is 6.08 Å². The van der Waals surface area contributed by atoms with E-state index in [1.54, 1.807) is 6.08 Å². The molecule has 1 aliphatic heterocycles. The minimum Gasteiger partial charge on any atom is -0.347 e. The molecule has 0 radical (unpaired) electrons. The van der Waals surface area contributed by atoms with Crippen molar-refractivity contribution >= 4 is 6.29 Å². The van der Waals surface area contributed by atoms with Gasteiger partial charge in [0, 0.05) is 0 Å². The Morgan fingerprint density at radius 3 is 2.73 bits per heavy atom. The highest BCUT2D eigenvalue weighted by molar-refractivity contribution is 5.64. The van der Waals surface area contributed by atoms with Gasteiger partial charge in [0.25, 0.3) is 0 Å². The molecule has 0 aromatic heterocycles. The van der Waals surface area contributed by atoms with Crippen LogP contribution in [0.15, 0.2) is 12.2 Å². The molecule has 0 N–H and O–H groups in total. The normalized spacial score (nSPS) is 29.5. The average molecular weight is 156 g/mol. The summed E-state index contributed by atoms with van der Waals surface area (Å²) in [6.07, 6.45) is 3.78. The first-order chi connectivity index (χ1) is 5.14. The Morgan fingerprint density at radius 1 is 1.55 bits per heavy atom. The summed E-state index contributed by atoms with van der Waals surface area (Å²) in [6, 6.07) is 0. The van der Waals surface area contributed by atoms with Gasteiger partial charge in [-0.15, -0.1) is 0 Å². The molecule has 0 amide bonds. The van der Waals surface area contributed by atoms with E-state index in [1.807, 2.05) is 13.8 Å². The zero-order valence-corrected chi connectivity index (χ0v) is 6.74. The van der Waals surface area contributed by atoms with Crippen LogP contribution in [0, 0.1) is 0 Å². The molecule has 0 spiro atoms. The van der Waals surface area contributed by atoms with Crippen molar-refractivity contribution < 1.29 is 14.3 Å². The third-order valence-corrected chi connectivity index (χ3v) is 1.43. The smallest absolute Gasteiger partial charge is 0.163 e. The monoisotopic (exact) mass is 156 g/mol. The van der Waals surface area contributed by atoms with Gasteiger partial charge >= 0.3 is 0 Å². The second-order valence-corrected chi connectivity index (χ2v) is 2.89. The van der Waals surface area contributed by atoms with E-state index in [-0.39, 0.29) is 6.10 Å². The number of carbonyl (C=O) groups excluding carboxylic acids is 1. The van der Waals surface area contributed by atoms with Gasteiger partial charge < -0.3 is 9.47 Å². The third-order valence-electron chi connectivity index (χ3n) is 1.43. The summed E-state index contributed by atoms with van der Waals surface area (Å²) in [5, 5.41) is 0. The van der Waals surface area contributed by atoms with Crippen LogP contribution in [-0.2, 0) is 14.3 Å². The number of ether oxygens (including phenoxy) is 2. The molecule has 1 atom stereocenters. The van der Waals surface area contributed by atoms with Crippen molar-refractivity contribution in [3.8, 4) is 0 Å². The second-order valence-electron chi connectivity index (χ2n) is 2.89. The predicted molar refractivity (Wildman–Crippen MR) is 40.1 cm³/mol. The van der Waals surface area contributed by atoms with Crippen LogP contribution in [0.3, 0.4) is 0 Å². The van der Waals surface area contributed by atoms with Gasteiger partial charge in [0.2, 0.25) is 0 Å². The van der Waals surface area contributed by atoms with Crippen molar-refractivity contribution in [2.75, 3.05) is 6.61 Å². The predicted octanol–water partition coefficient (Wildman–Crippen LogP) is 0.893. The third kappa shape index (κ3) is 2.44. The number of rotatable bonds is 2. The van der Waals surface area contributed by atoms with Crippen LogP contribution in [0.25, 0.3) is 0 Å². The van der Waals surface area contributed by atoms with Crippen molar-refractivity contribution in [1.82, 2.24) is 0 Å². The quantitative estimate of drug-likeness (QED) is 0.440. The number of carbonyl (C=O) groups is 1. The highest BCUT2D eigenvalue weighted by atomic mass is 16.7. The Morgan fingerprint density at radius 2 is 2.27 bits per heavy atom. The summed E-state index contributed by atoms with van der Waals surface area (Å²) >= 11 is 0. The number of hydrogen-bond acceptors (Lipinski definition) is 3. The van der Waals surface area contributed by atoms with Crippen LogP contribution in [0.5, 0.6) is 0 Å². The van der Waals surface area contributed by atoms with Gasteiger partial charge in [-0.05, 0) is 19.9 Å². The van der Waals surface area contributed by atoms with E-state index >= 15 is 0 Å². The zero-order valence-electron chi connectivity index (χ0n) is 6.74. The van der Waals surface area contributed by atoms with Gasteiger partial charge in [0.05, 0.1) is 6.61 Å². The minimum atomic E-state index is -0.502. The van der Waals surface area contributed by atoms with Gasteiger partial charge in [0.15, 0.2) is 5.79 Å². The molecular formula is C8H12O3. The van der Waals surface area contributed by atoms with Crippen LogP contribution in [-0.4, -0.2) is 24.8 Å². The fraction of sp³-hybridized carbons (Fsp3) is 0.625. The average Bonchev–Trinajstić information content (AvgIpc) is 2.26. The van der Waals surface area contributed by atoms with E-state index in [0.717, 1.165) is 6.29 Å². The molecule has 1 heterocycles. The Kier molecular flexibility index (Phi) is 2.42. The standard InChI is InChI=1S/C8H12O3/c1-8(2)10-6-7(11-8)4-3-5-9/h3-5,7H,6H2,1-2H3/b4-3+/t7-/m1/s1. The summed E-state index contributed by atoms with van der Waals surface area (Å²) in [5.74, 6) is -0.502. The molecule has 1 rings (SSSR count). The molecule has 0 saturated carbocycles. The number of hydrogen-bond donors (Lipinski definition) is 0. The maximum absolute atomic E-state index is 9.94. The van der Waals surface area contributed by atoms with E-state index in [1.165, 1.54) is 6.08 Å². The van der Waals surface area contributed by atoms with Crippen LogP contribution < -0.4 is 0 Å². The lowest BCUT2D eigenvalue weighted by atomic mass is 10.3. The molecule has 0 unspecified atom stereocenters. The summed E-state index contributed by atoms with van der Waals surface area (Å²) in [5.41, 5.74) is 0. The molecule has 0 aromatic carbocycles. The van der Waals surface area contributed by atoms with Crippen molar-refractivity contribution in [2.45, 2.75) is 25.7 Å². The molecule has 0 aromatic rings. The summed E-state index contributed by atoms with van der Waals surface area (Å²) in [4.78, 5) is 9.94. The molecule has 1 fully saturated rings. The topological polar surface area (TPSA) is 35.5 Å². The number of allylic oxidation sites excluding steroid dienone is 1. The molecular weight excluding hydrogens is 144 g/mol. The SMILES string of the molecule is CC1(C)OC[C@@H](/C=C/C=O)O1. The van der Waals surface area contributed by atoms with Crippen LogP contribution in [0.2, 0.25) is 0 Å². The van der Waals surface area contributed by atoms with E-state index in [0.29, 0.717) is 6.61 Å². The van der Waals surface area contributed by atoms with E-state index in [2.05, 4.69) is 0 Å². The first-order valence-corrected chi connectivity index (χ1v) is 3.58. The summed E-state index contributed by atoms with van der Waals surface area (Å²) in [7, 11) is 0. The molecule has 3 nitrogen and oxygen atoms in total. The van der Waals surface area contributed by atoms with Crippen molar-refractivity contribution in [3.63, 3.8) is 0 Å². The minimum absolute atomic E-state index is 0.0739. The maximum atomic E-state index is 9.94. The summed E-state index contributed by atoms with van der Waals surface area (Å²) in [6.45, 7) is 4.22. The molecule has 62 valence electrons. The van der Waals surface area contributed by atoms with Gasteiger partial charge in [-0.25, -0.2) is 0 Å². The fourth-order valence-corrected chi connectivity index (χ4v) is 0.980. The second kappa shape index (κ2) is 3.15. The largest absolute Gasteiger partial charge is 0.347 e. The van der Waals surface area contributed by atoms with Gasteiger partial charge in [0.1, 0.15) is 12.4 Å².